The topological polar surface area (TPSA) is 75.3 Å². The van der Waals surface area contributed by atoms with Crippen molar-refractivity contribution in [3.05, 3.63) is 57.9 Å². The van der Waals surface area contributed by atoms with Gasteiger partial charge in [-0.3, -0.25) is 4.79 Å². The Morgan fingerprint density at radius 1 is 1.12 bits per heavy atom. The fourth-order valence-electron chi connectivity index (χ4n) is 1.94. The number of carbonyl (C=O) groups is 1. The third-order valence-electron chi connectivity index (χ3n) is 3.11. The maximum Gasteiger partial charge on any atom is 0.240 e. The lowest BCUT2D eigenvalue weighted by atomic mass is 10.2. The minimum atomic E-state index is -3.69. The van der Waals surface area contributed by atoms with Crippen molar-refractivity contribution in [2.45, 2.75) is 17.7 Å². The van der Waals surface area contributed by atoms with Crippen LogP contribution in [0.15, 0.2) is 53.4 Å². The molecule has 128 valence electrons. The molecule has 0 aliphatic rings. The molecule has 1 amide bonds. The Balaban J connectivity index is 1.77. The maximum atomic E-state index is 12.8. The zero-order valence-electron chi connectivity index (χ0n) is 12.6. The highest BCUT2D eigenvalue weighted by molar-refractivity contribution is 14.1. The average molecular weight is 462 g/mol. The van der Waals surface area contributed by atoms with Crippen molar-refractivity contribution in [2.24, 2.45) is 0 Å². The van der Waals surface area contributed by atoms with Gasteiger partial charge in [-0.2, -0.15) is 0 Å². The molecule has 0 aromatic heterocycles. The summed E-state index contributed by atoms with van der Waals surface area (Å²) in [6.45, 7) is 0.124. The Kier molecular flexibility index (Phi) is 6.69. The van der Waals surface area contributed by atoms with Gasteiger partial charge in [-0.25, -0.2) is 17.5 Å². The van der Waals surface area contributed by atoms with Crippen LogP contribution in [0.1, 0.15) is 12.8 Å². The summed E-state index contributed by atoms with van der Waals surface area (Å²) in [6.07, 6.45) is 0.549. The summed E-state index contributed by atoms with van der Waals surface area (Å²) in [5.41, 5.74) is 0.707. The zero-order valence-corrected chi connectivity index (χ0v) is 15.6. The number of hydrogen-bond donors (Lipinski definition) is 2. The molecular formula is C16H16FIN2O3S. The Bertz CT molecular complexity index is 810. The summed E-state index contributed by atoms with van der Waals surface area (Å²) < 4.78 is 40.2. The highest BCUT2D eigenvalue weighted by Gasteiger charge is 2.13. The minimum Gasteiger partial charge on any atom is -0.326 e. The summed E-state index contributed by atoms with van der Waals surface area (Å²) in [6, 6.07) is 12.0. The third kappa shape index (κ3) is 5.84. The molecule has 2 N–H and O–H groups in total. The third-order valence-corrected chi connectivity index (χ3v) is 5.25. The molecule has 0 spiro atoms. The molecule has 2 aromatic rings. The molecular weight excluding hydrogens is 446 g/mol. The summed E-state index contributed by atoms with van der Waals surface area (Å²) in [7, 11) is -3.69. The number of benzene rings is 2. The van der Waals surface area contributed by atoms with Crippen LogP contribution in [0.5, 0.6) is 0 Å². The normalized spacial score (nSPS) is 11.2. The van der Waals surface area contributed by atoms with E-state index in [0.29, 0.717) is 12.1 Å². The van der Waals surface area contributed by atoms with E-state index < -0.39 is 15.8 Å². The van der Waals surface area contributed by atoms with Gasteiger partial charge >= 0.3 is 0 Å². The predicted molar refractivity (Wildman–Crippen MR) is 98.6 cm³/mol. The van der Waals surface area contributed by atoms with Crippen LogP contribution < -0.4 is 10.0 Å². The maximum absolute atomic E-state index is 12.8. The van der Waals surface area contributed by atoms with Crippen LogP contribution in [-0.2, 0) is 14.8 Å². The van der Waals surface area contributed by atoms with Crippen molar-refractivity contribution >= 4 is 44.2 Å². The van der Waals surface area contributed by atoms with Gasteiger partial charge in [0.15, 0.2) is 0 Å². The number of sulfonamides is 1. The van der Waals surface area contributed by atoms with Gasteiger partial charge in [0.2, 0.25) is 15.9 Å². The van der Waals surface area contributed by atoms with E-state index in [9.17, 15) is 17.6 Å². The fourth-order valence-corrected chi connectivity index (χ4v) is 3.56. The number of hydrogen-bond acceptors (Lipinski definition) is 3. The molecule has 0 fully saturated rings. The van der Waals surface area contributed by atoms with E-state index in [-0.39, 0.29) is 23.8 Å². The molecule has 0 saturated carbocycles. The molecule has 24 heavy (non-hydrogen) atoms. The average Bonchev–Trinajstić information content (AvgIpc) is 2.52. The predicted octanol–water partition coefficient (Wildman–Crippen LogP) is 3.13. The largest absolute Gasteiger partial charge is 0.326 e. The summed E-state index contributed by atoms with van der Waals surface area (Å²) in [5, 5.41) is 2.76. The molecule has 0 bridgehead atoms. The molecule has 0 saturated heterocycles. The molecule has 2 aromatic carbocycles. The van der Waals surface area contributed by atoms with E-state index in [1.807, 2.05) is 18.2 Å². The van der Waals surface area contributed by atoms with Crippen molar-refractivity contribution < 1.29 is 17.6 Å². The molecule has 5 nitrogen and oxygen atoms in total. The van der Waals surface area contributed by atoms with Crippen molar-refractivity contribution in [1.29, 1.82) is 0 Å². The van der Waals surface area contributed by atoms with Crippen LogP contribution in [0.2, 0.25) is 0 Å². The zero-order chi connectivity index (χ0) is 17.6. The number of rotatable bonds is 7. The standard InChI is InChI=1S/C16H16FIN2O3S/c17-12-6-8-15(9-7-12)24(22,23)19-10-2-5-16(21)20-14-4-1-3-13(18)11-14/h1,3-4,6-9,11,19H,2,5,10H2,(H,20,21). The summed E-state index contributed by atoms with van der Waals surface area (Å²) in [5.74, 6) is -0.681. The summed E-state index contributed by atoms with van der Waals surface area (Å²) >= 11 is 2.15. The quantitative estimate of drug-likeness (QED) is 0.491. The molecule has 0 radical (unpaired) electrons. The monoisotopic (exact) mass is 462 g/mol. The van der Waals surface area contributed by atoms with Gasteiger partial charge in [0.25, 0.3) is 0 Å². The molecule has 0 aliphatic heterocycles. The van der Waals surface area contributed by atoms with Crippen LogP contribution in [0, 0.1) is 9.39 Å². The van der Waals surface area contributed by atoms with E-state index in [0.717, 1.165) is 15.7 Å². The van der Waals surface area contributed by atoms with E-state index in [2.05, 4.69) is 32.6 Å². The van der Waals surface area contributed by atoms with E-state index in [1.165, 1.54) is 12.1 Å². The Labute approximate surface area is 153 Å². The highest BCUT2D eigenvalue weighted by Crippen LogP contribution is 2.13. The van der Waals surface area contributed by atoms with Crippen molar-refractivity contribution in [3.8, 4) is 0 Å². The van der Waals surface area contributed by atoms with Crippen molar-refractivity contribution in [3.63, 3.8) is 0 Å². The second-order valence-electron chi connectivity index (χ2n) is 5.01. The Morgan fingerprint density at radius 3 is 2.50 bits per heavy atom. The van der Waals surface area contributed by atoms with Gasteiger partial charge in [-0.05, 0) is 71.5 Å². The van der Waals surface area contributed by atoms with Crippen molar-refractivity contribution in [1.82, 2.24) is 4.72 Å². The van der Waals surface area contributed by atoms with E-state index in [4.69, 9.17) is 0 Å². The fraction of sp³-hybridized carbons (Fsp3) is 0.188. The highest BCUT2D eigenvalue weighted by atomic mass is 127. The van der Waals surface area contributed by atoms with Crippen LogP contribution >= 0.6 is 22.6 Å². The van der Waals surface area contributed by atoms with Gasteiger partial charge in [-0.1, -0.05) is 6.07 Å². The lowest BCUT2D eigenvalue weighted by molar-refractivity contribution is -0.116. The van der Waals surface area contributed by atoms with Gasteiger partial charge < -0.3 is 5.32 Å². The van der Waals surface area contributed by atoms with Gasteiger partial charge in [0, 0.05) is 22.2 Å². The molecule has 0 atom stereocenters. The van der Waals surface area contributed by atoms with Crippen LogP contribution in [-0.4, -0.2) is 20.9 Å². The number of anilines is 1. The lowest BCUT2D eigenvalue weighted by Crippen LogP contribution is -2.25. The number of halogens is 2. The number of nitrogens with one attached hydrogen (secondary N) is 2. The van der Waals surface area contributed by atoms with Gasteiger partial charge in [-0.15, -0.1) is 0 Å². The van der Waals surface area contributed by atoms with Crippen molar-refractivity contribution in [2.75, 3.05) is 11.9 Å². The van der Waals surface area contributed by atoms with Crippen LogP contribution in [0.4, 0.5) is 10.1 Å². The Hall–Kier alpha value is -1.52. The minimum absolute atomic E-state index is 0.00721. The van der Waals surface area contributed by atoms with E-state index in [1.54, 1.807) is 6.07 Å². The molecule has 8 heteroatoms. The molecule has 2 rings (SSSR count). The van der Waals surface area contributed by atoms with Crippen LogP contribution in [0.25, 0.3) is 0 Å². The SMILES string of the molecule is O=C(CCCNS(=O)(=O)c1ccc(F)cc1)Nc1cccc(I)c1. The first-order valence-corrected chi connectivity index (χ1v) is 9.74. The van der Waals surface area contributed by atoms with Gasteiger partial charge in [0.1, 0.15) is 5.82 Å². The van der Waals surface area contributed by atoms with Gasteiger partial charge in [0.05, 0.1) is 4.90 Å². The number of amides is 1. The molecule has 0 aliphatic carbocycles. The second-order valence-corrected chi connectivity index (χ2v) is 8.03. The smallest absolute Gasteiger partial charge is 0.240 e. The summed E-state index contributed by atoms with van der Waals surface area (Å²) in [4.78, 5) is 11.8. The Morgan fingerprint density at radius 2 is 1.83 bits per heavy atom. The molecule has 0 unspecified atom stereocenters. The first-order chi connectivity index (χ1) is 11.4. The molecule has 0 heterocycles. The second kappa shape index (κ2) is 8.54. The van der Waals surface area contributed by atoms with E-state index >= 15 is 0 Å². The lowest BCUT2D eigenvalue weighted by Gasteiger charge is -2.08. The van der Waals surface area contributed by atoms with Crippen LogP contribution in [0.3, 0.4) is 0 Å². The number of carbonyl (C=O) groups excluding carboxylic acids is 1. The first-order valence-electron chi connectivity index (χ1n) is 7.17. The first kappa shape index (κ1) is 18.8.